The summed E-state index contributed by atoms with van der Waals surface area (Å²) in [5.41, 5.74) is 0.828. The van der Waals surface area contributed by atoms with Gasteiger partial charge in [0.15, 0.2) is 6.10 Å². The van der Waals surface area contributed by atoms with E-state index in [0.29, 0.717) is 18.8 Å². The van der Waals surface area contributed by atoms with Crippen molar-refractivity contribution in [2.24, 2.45) is 16.7 Å². The Kier molecular flexibility index (Phi) is 4.90. The molecule has 2 heterocycles. The molecule has 2 aliphatic carbocycles. The number of carbonyl (C=O) groups is 1. The average molecular weight is 380 g/mol. The van der Waals surface area contributed by atoms with Gasteiger partial charge in [-0.2, -0.15) is 0 Å². The van der Waals surface area contributed by atoms with Crippen molar-refractivity contribution in [1.82, 2.24) is 0 Å². The molecule has 0 aromatic rings. The summed E-state index contributed by atoms with van der Waals surface area (Å²) in [6.07, 6.45) is 2.91. The van der Waals surface area contributed by atoms with Gasteiger partial charge >= 0.3 is 5.97 Å². The second-order valence-corrected chi connectivity index (χ2v) is 9.60. The molecule has 4 aliphatic rings. The predicted molar refractivity (Wildman–Crippen MR) is 98.0 cm³/mol. The van der Waals surface area contributed by atoms with E-state index >= 15 is 0 Å². The van der Waals surface area contributed by atoms with E-state index in [1.165, 1.54) is 19.3 Å². The molecule has 0 radical (unpaired) electrons. The molecule has 0 spiro atoms. The zero-order valence-electron chi connectivity index (χ0n) is 16.9. The minimum atomic E-state index is -0.410. The Labute approximate surface area is 161 Å². The summed E-state index contributed by atoms with van der Waals surface area (Å²) in [4.78, 5) is 11.8. The zero-order chi connectivity index (χ0) is 19.4. The highest BCUT2D eigenvalue weighted by molar-refractivity contribution is 5.87. The van der Waals surface area contributed by atoms with Crippen LogP contribution >= 0.6 is 0 Å². The van der Waals surface area contributed by atoms with Gasteiger partial charge in [0, 0.05) is 5.57 Å². The topological polar surface area (TPSA) is 63.2 Å². The molecular formula is C21H32O6. The van der Waals surface area contributed by atoms with E-state index in [1.54, 1.807) is 6.92 Å². The first-order valence-corrected chi connectivity index (χ1v) is 10.1. The third-order valence-corrected chi connectivity index (χ3v) is 7.22. The quantitative estimate of drug-likeness (QED) is 0.401. The highest BCUT2D eigenvalue weighted by Gasteiger charge is 2.60. The van der Waals surface area contributed by atoms with Crippen molar-refractivity contribution in [1.29, 1.82) is 0 Å². The normalized spacial score (nSPS) is 44.4. The van der Waals surface area contributed by atoms with Gasteiger partial charge in [0.05, 0.1) is 19.3 Å². The first-order chi connectivity index (χ1) is 12.7. The summed E-state index contributed by atoms with van der Waals surface area (Å²) in [6, 6.07) is 0. The van der Waals surface area contributed by atoms with Gasteiger partial charge in [-0.3, -0.25) is 0 Å². The summed E-state index contributed by atoms with van der Waals surface area (Å²) in [7, 11) is 0. The Morgan fingerprint density at radius 1 is 1.11 bits per heavy atom. The number of ether oxygens (including phenoxy) is 5. The minimum Gasteiger partial charge on any atom is -0.454 e. The third-order valence-electron chi connectivity index (χ3n) is 7.22. The zero-order valence-corrected chi connectivity index (χ0v) is 16.9. The molecule has 6 heteroatoms. The molecule has 7 atom stereocenters. The van der Waals surface area contributed by atoms with Crippen LogP contribution in [-0.4, -0.2) is 56.5 Å². The van der Waals surface area contributed by atoms with Gasteiger partial charge in [-0.25, -0.2) is 4.79 Å². The molecule has 6 nitrogen and oxygen atoms in total. The lowest BCUT2D eigenvalue weighted by molar-refractivity contribution is -0.184. The van der Waals surface area contributed by atoms with Crippen LogP contribution in [-0.2, 0) is 28.5 Å². The second kappa shape index (κ2) is 6.83. The first-order valence-electron chi connectivity index (χ1n) is 10.1. The summed E-state index contributed by atoms with van der Waals surface area (Å²) in [5.74, 6) is 0.334. The Morgan fingerprint density at radius 2 is 1.78 bits per heavy atom. The van der Waals surface area contributed by atoms with Gasteiger partial charge in [-0.15, -0.1) is 0 Å². The van der Waals surface area contributed by atoms with Crippen molar-refractivity contribution in [2.75, 3.05) is 20.0 Å². The number of esters is 1. The van der Waals surface area contributed by atoms with Crippen LogP contribution in [0, 0.1) is 16.7 Å². The number of fused-ring (bicyclic) bond motifs is 3. The molecule has 0 N–H and O–H groups in total. The molecule has 2 bridgehead atoms. The van der Waals surface area contributed by atoms with Gasteiger partial charge in [0.1, 0.15) is 25.1 Å². The summed E-state index contributed by atoms with van der Waals surface area (Å²) in [6.45, 7) is 13.2. The van der Waals surface area contributed by atoms with E-state index in [9.17, 15) is 4.79 Å². The third kappa shape index (κ3) is 3.24. The maximum atomic E-state index is 11.8. The molecule has 4 fully saturated rings. The number of hydrogen-bond acceptors (Lipinski definition) is 6. The highest BCUT2D eigenvalue weighted by Crippen LogP contribution is 2.63. The van der Waals surface area contributed by atoms with E-state index in [4.69, 9.17) is 23.7 Å². The van der Waals surface area contributed by atoms with Crippen molar-refractivity contribution in [3.8, 4) is 0 Å². The van der Waals surface area contributed by atoms with E-state index in [-0.39, 0.29) is 42.0 Å². The maximum Gasteiger partial charge on any atom is 0.333 e. The first kappa shape index (κ1) is 19.4. The lowest BCUT2D eigenvalue weighted by atomic mass is 9.70. The molecule has 2 saturated heterocycles. The highest BCUT2D eigenvalue weighted by atomic mass is 16.7. The van der Waals surface area contributed by atoms with Crippen LogP contribution in [0.3, 0.4) is 0 Å². The number of hydrogen-bond donors (Lipinski definition) is 0. The monoisotopic (exact) mass is 380 g/mol. The van der Waals surface area contributed by atoms with E-state index in [0.717, 1.165) is 5.92 Å². The van der Waals surface area contributed by atoms with Crippen molar-refractivity contribution < 1.29 is 28.5 Å². The SMILES string of the molecule is C=C(C)C(=O)O[C@H]1CO[C@H]2[C@H]1OC[C@H]2OCOC1C2(C)CCC(C2)C1(C)C. The van der Waals surface area contributed by atoms with Crippen LogP contribution in [0.25, 0.3) is 0 Å². The fourth-order valence-corrected chi connectivity index (χ4v) is 5.78. The van der Waals surface area contributed by atoms with Crippen molar-refractivity contribution >= 4 is 5.97 Å². The van der Waals surface area contributed by atoms with Gasteiger partial charge in [-0.1, -0.05) is 27.4 Å². The van der Waals surface area contributed by atoms with Crippen LogP contribution in [0.1, 0.15) is 47.0 Å². The molecule has 0 aromatic heterocycles. The van der Waals surface area contributed by atoms with Gasteiger partial charge in [0.25, 0.3) is 0 Å². The van der Waals surface area contributed by atoms with Crippen molar-refractivity contribution in [3.05, 3.63) is 12.2 Å². The fraction of sp³-hybridized carbons (Fsp3) is 0.857. The summed E-state index contributed by atoms with van der Waals surface area (Å²) < 4.78 is 29.3. The Bertz CT molecular complexity index is 611. The number of rotatable bonds is 6. The molecule has 3 unspecified atom stereocenters. The average Bonchev–Trinajstić information content (AvgIpc) is 3.31. The molecule has 0 amide bonds. The predicted octanol–water partition coefficient (Wildman–Crippen LogP) is 2.85. The van der Waals surface area contributed by atoms with Crippen LogP contribution in [0.5, 0.6) is 0 Å². The largest absolute Gasteiger partial charge is 0.454 e. The Hall–Kier alpha value is -0.950. The van der Waals surface area contributed by atoms with Crippen LogP contribution in [0.4, 0.5) is 0 Å². The lowest BCUT2D eigenvalue weighted by Crippen LogP contribution is -2.43. The minimum absolute atomic E-state index is 0.191. The summed E-state index contributed by atoms with van der Waals surface area (Å²) >= 11 is 0. The lowest BCUT2D eigenvalue weighted by Gasteiger charge is -2.42. The Balaban J connectivity index is 1.28. The molecule has 2 saturated carbocycles. The van der Waals surface area contributed by atoms with E-state index < -0.39 is 12.1 Å². The van der Waals surface area contributed by atoms with Gasteiger partial charge in [-0.05, 0) is 42.9 Å². The molecule has 2 aliphatic heterocycles. The second-order valence-electron chi connectivity index (χ2n) is 9.60. The molecule has 27 heavy (non-hydrogen) atoms. The Morgan fingerprint density at radius 3 is 2.41 bits per heavy atom. The van der Waals surface area contributed by atoms with E-state index in [1.807, 2.05) is 0 Å². The molecule has 0 aromatic carbocycles. The van der Waals surface area contributed by atoms with Gasteiger partial charge < -0.3 is 23.7 Å². The fourth-order valence-electron chi connectivity index (χ4n) is 5.78. The molecule has 4 rings (SSSR count). The molecular weight excluding hydrogens is 348 g/mol. The van der Waals surface area contributed by atoms with E-state index in [2.05, 4.69) is 27.4 Å². The van der Waals surface area contributed by atoms with Crippen LogP contribution in [0.2, 0.25) is 0 Å². The van der Waals surface area contributed by atoms with Crippen molar-refractivity contribution in [2.45, 2.75) is 77.5 Å². The van der Waals surface area contributed by atoms with Crippen LogP contribution in [0.15, 0.2) is 12.2 Å². The summed E-state index contributed by atoms with van der Waals surface area (Å²) in [5, 5.41) is 0. The maximum absolute atomic E-state index is 11.8. The smallest absolute Gasteiger partial charge is 0.333 e. The van der Waals surface area contributed by atoms with Crippen molar-refractivity contribution in [3.63, 3.8) is 0 Å². The van der Waals surface area contributed by atoms with Gasteiger partial charge in [0.2, 0.25) is 0 Å². The number of carbonyl (C=O) groups excluding carboxylic acids is 1. The van der Waals surface area contributed by atoms with Crippen LogP contribution < -0.4 is 0 Å². The molecule has 152 valence electrons. The standard InChI is InChI=1S/C21H32O6/c1-12(2)18(22)27-15-10-24-16-14(9-23-17(15)16)25-11-26-19-20(3,4)13-6-7-21(19,5)8-13/h13-17,19H,1,6-11H2,2-5H3/t13?,14-,15+,16-,17+,19?,21?/m1/s1.